The fourth-order valence-electron chi connectivity index (χ4n) is 7.98. The highest BCUT2D eigenvalue weighted by atomic mass is 16.3. The van der Waals surface area contributed by atoms with Crippen LogP contribution >= 0.6 is 0 Å². The number of phenolic OH excluding ortho intramolecular Hbond substituents is 4. The Kier molecular flexibility index (Phi) is 4.81. The number of phenols is 4. The van der Waals surface area contributed by atoms with Crippen molar-refractivity contribution < 1.29 is 20.4 Å². The summed E-state index contributed by atoms with van der Waals surface area (Å²) in [5.41, 5.74) is 3.02. The maximum atomic E-state index is 11.3. The minimum Gasteiger partial charge on any atom is -0.504 e. The molecule has 4 heteroatoms. The molecular formula is C27H36O4. The van der Waals surface area contributed by atoms with Gasteiger partial charge in [-0.3, -0.25) is 0 Å². The van der Waals surface area contributed by atoms with Crippen molar-refractivity contribution >= 4 is 0 Å². The van der Waals surface area contributed by atoms with Crippen molar-refractivity contribution in [2.45, 2.75) is 83.5 Å². The van der Waals surface area contributed by atoms with Gasteiger partial charge in [0.15, 0.2) is 23.0 Å². The molecule has 0 aromatic heterocycles. The minimum atomic E-state index is -0.573. The van der Waals surface area contributed by atoms with Crippen molar-refractivity contribution in [3.05, 3.63) is 46.5 Å². The van der Waals surface area contributed by atoms with Gasteiger partial charge in [-0.05, 0) is 83.2 Å². The van der Waals surface area contributed by atoms with E-state index in [1.165, 1.54) is 0 Å². The number of hydrogen-bond donors (Lipinski definition) is 4. The smallest absolute Gasteiger partial charge is 0.161 e. The molecule has 0 saturated heterocycles. The molecule has 0 radical (unpaired) electrons. The van der Waals surface area contributed by atoms with Crippen LogP contribution in [-0.4, -0.2) is 20.4 Å². The number of aromatic hydroxyl groups is 4. The molecule has 0 amide bonds. The molecule has 1 spiro atoms. The second-order valence-electron chi connectivity index (χ2n) is 9.78. The zero-order valence-corrected chi connectivity index (χ0v) is 19.6. The van der Waals surface area contributed by atoms with Gasteiger partial charge in [-0.2, -0.15) is 0 Å². The summed E-state index contributed by atoms with van der Waals surface area (Å²) < 4.78 is 0. The average Bonchev–Trinajstić information content (AvgIpc) is 3.11. The molecule has 31 heavy (non-hydrogen) atoms. The van der Waals surface area contributed by atoms with Gasteiger partial charge >= 0.3 is 0 Å². The average molecular weight is 425 g/mol. The molecule has 3 unspecified atom stereocenters. The van der Waals surface area contributed by atoms with Crippen molar-refractivity contribution in [3.8, 4) is 23.0 Å². The summed E-state index contributed by atoms with van der Waals surface area (Å²) in [6, 6.07) is 7.07. The fraction of sp³-hybridized carbons (Fsp3) is 0.556. The van der Waals surface area contributed by atoms with Crippen LogP contribution < -0.4 is 0 Å². The summed E-state index contributed by atoms with van der Waals surface area (Å²) in [6.45, 7) is 13.3. The highest BCUT2D eigenvalue weighted by Gasteiger charge is 2.68. The van der Waals surface area contributed by atoms with Crippen LogP contribution in [0.1, 0.15) is 89.5 Å². The largest absolute Gasteiger partial charge is 0.504 e. The number of rotatable bonds is 4. The highest BCUT2D eigenvalue weighted by Crippen LogP contribution is 2.72. The molecule has 3 atom stereocenters. The Morgan fingerprint density at radius 3 is 1.58 bits per heavy atom. The molecule has 0 aliphatic heterocycles. The van der Waals surface area contributed by atoms with Crippen molar-refractivity contribution in [2.75, 3.05) is 0 Å². The Morgan fingerprint density at radius 2 is 1.10 bits per heavy atom. The van der Waals surface area contributed by atoms with Gasteiger partial charge < -0.3 is 20.4 Å². The topological polar surface area (TPSA) is 80.9 Å². The van der Waals surface area contributed by atoms with Crippen molar-refractivity contribution in [1.82, 2.24) is 0 Å². The molecule has 2 aliphatic rings. The molecule has 0 saturated carbocycles. The third-order valence-electron chi connectivity index (χ3n) is 9.75. The Morgan fingerprint density at radius 1 is 0.645 bits per heavy atom. The van der Waals surface area contributed by atoms with E-state index in [1.807, 2.05) is 6.07 Å². The van der Waals surface area contributed by atoms with E-state index in [4.69, 9.17) is 0 Å². The zero-order valence-electron chi connectivity index (χ0n) is 19.6. The molecule has 168 valence electrons. The summed E-state index contributed by atoms with van der Waals surface area (Å²) >= 11 is 0. The molecule has 2 aliphatic carbocycles. The molecular weight excluding hydrogens is 388 g/mol. The second kappa shape index (κ2) is 6.82. The lowest BCUT2D eigenvalue weighted by molar-refractivity contribution is 0.128. The van der Waals surface area contributed by atoms with Gasteiger partial charge in [0, 0.05) is 11.0 Å². The lowest BCUT2D eigenvalue weighted by Gasteiger charge is -2.46. The van der Waals surface area contributed by atoms with Crippen LogP contribution in [0, 0.1) is 11.8 Å². The van der Waals surface area contributed by atoms with Crippen LogP contribution in [0.25, 0.3) is 0 Å². The lowest BCUT2D eigenvalue weighted by Crippen LogP contribution is -2.45. The van der Waals surface area contributed by atoms with Crippen LogP contribution in [0.15, 0.2) is 24.3 Å². The fourth-order valence-corrected chi connectivity index (χ4v) is 7.98. The first kappa shape index (κ1) is 21.9. The summed E-state index contributed by atoms with van der Waals surface area (Å²) in [6.07, 6.45) is 3.61. The van der Waals surface area contributed by atoms with Crippen molar-refractivity contribution in [1.29, 1.82) is 0 Å². The monoisotopic (exact) mass is 424 g/mol. The van der Waals surface area contributed by atoms with Crippen LogP contribution in [0.2, 0.25) is 0 Å². The Labute approximate surface area is 185 Å². The van der Waals surface area contributed by atoms with Gasteiger partial charge in [-0.15, -0.1) is 0 Å². The zero-order chi connectivity index (χ0) is 22.9. The molecule has 0 fully saturated rings. The quantitative estimate of drug-likeness (QED) is 0.440. The third-order valence-corrected chi connectivity index (χ3v) is 9.75. The Hall–Kier alpha value is -2.36. The third kappa shape index (κ3) is 2.21. The molecule has 0 heterocycles. The predicted octanol–water partition coefficient (Wildman–Crippen LogP) is 6.21. The van der Waals surface area contributed by atoms with E-state index in [0.717, 1.165) is 47.9 Å². The molecule has 0 bridgehead atoms. The first-order chi connectivity index (χ1) is 14.6. The van der Waals surface area contributed by atoms with Gasteiger partial charge in [-0.1, -0.05) is 47.6 Å². The van der Waals surface area contributed by atoms with Crippen molar-refractivity contribution in [2.24, 2.45) is 11.8 Å². The van der Waals surface area contributed by atoms with Gasteiger partial charge in [0.25, 0.3) is 0 Å². The lowest BCUT2D eigenvalue weighted by atomic mass is 9.56. The minimum absolute atomic E-state index is 0.0403. The number of benzene rings is 2. The van der Waals surface area contributed by atoms with E-state index in [-0.39, 0.29) is 45.7 Å². The number of hydrogen-bond acceptors (Lipinski definition) is 4. The van der Waals surface area contributed by atoms with Crippen LogP contribution in [0.4, 0.5) is 0 Å². The standard InChI is InChI=1S/C27H36O4/c1-7-25(8-2)15(5)27(23-17(25)11-12-20(28)24(23)31)16(6)26(9-3,10-4)18-13-21(29)22(30)14-19(18)27/h11-16,28-31H,7-10H2,1-6H3. The van der Waals surface area contributed by atoms with E-state index < -0.39 is 5.41 Å². The molecule has 4 nitrogen and oxygen atoms in total. The maximum absolute atomic E-state index is 11.3. The predicted molar refractivity (Wildman–Crippen MR) is 123 cm³/mol. The van der Waals surface area contributed by atoms with Crippen LogP contribution in [0.5, 0.6) is 23.0 Å². The van der Waals surface area contributed by atoms with Gasteiger partial charge in [-0.25, -0.2) is 0 Å². The first-order valence-corrected chi connectivity index (χ1v) is 11.8. The summed E-state index contributed by atoms with van der Waals surface area (Å²) in [5.74, 6) is -0.134. The first-order valence-electron chi connectivity index (χ1n) is 11.8. The van der Waals surface area contributed by atoms with Gasteiger partial charge in [0.05, 0.1) is 0 Å². The Balaban J connectivity index is 2.23. The summed E-state index contributed by atoms with van der Waals surface area (Å²) in [4.78, 5) is 0. The second-order valence-corrected chi connectivity index (χ2v) is 9.78. The molecule has 2 aromatic carbocycles. The van der Waals surface area contributed by atoms with Gasteiger partial charge in [0.1, 0.15) is 0 Å². The van der Waals surface area contributed by atoms with Crippen LogP contribution in [0.3, 0.4) is 0 Å². The van der Waals surface area contributed by atoms with E-state index >= 15 is 0 Å². The van der Waals surface area contributed by atoms with Gasteiger partial charge in [0.2, 0.25) is 0 Å². The van der Waals surface area contributed by atoms with E-state index in [9.17, 15) is 20.4 Å². The maximum Gasteiger partial charge on any atom is 0.161 e. The normalized spacial score (nSPS) is 27.4. The van der Waals surface area contributed by atoms with Crippen LogP contribution in [-0.2, 0) is 16.2 Å². The molecule has 2 aromatic rings. The van der Waals surface area contributed by atoms with Crippen molar-refractivity contribution in [3.63, 3.8) is 0 Å². The van der Waals surface area contributed by atoms with E-state index in [0.29, 0.717) is 0 Å². The SMILES string of the molecule is CCC1(CC)c2cc(O)c(O)cc2C2(c3c(ccc(O)c3O)C(CC)(CC)C2C)C1C. The number of fused-ring (bicyclic) bond motifs is 4. The van der Waals surface area contributed by atoms with E-state index in [1.54, 1.807) is 18.2 Å². The molecule has 4 N–H and O–H groups in total. The highest BCUT2D eigenvalue weighted by molar-refractivity contribution is 5.69. The van der Waals surface area contributed by atoms with E-state index in [2.05, 4.69) is 41.5 Å². The summed E-state index contributed by atoms with van der Waals surface area (Å²) in [5, 5.41) is 42.9. The summed E-state index contributed by atoms with van der Waals surface area (Å²) in [7, 11) is 0. The molecule has 4 rings (SSSR count). The Bertz CT molecular complexity index is 1030.